The van der Waals surface area contributed by atoms with Crippen LogP contribution in [0, 0.1) is 19.3 Å². The molecular weight excluding hydrogens is 226 g/mol. The second kappa shape index (κ2) is 5.45. The van der Waals surface area contributed by atoms with Crippen molar-refractivity contribution in [3.63, 3.8) is 0 Å². The molecule has 3 heteroatoms. The normalized spacial score (nSPS) is 20.2. The summed E-state index contributed by atoms with van der Waals surface area (Å²) in [5.74, 6) is 1.96. The maximum absolute atomic E-state index is 9.60. The summed E-state index contributed by atoms with van der Waals surface area (Å²) in [6.45, 7) is 7.36. The predicted molar refractivity (Wildman–Crippen MR) is 72.6 cm³/mol. The van der Waals surface area contributed by atoms with E-state index in [1.54, 1.807) is 0 Å². The molecule has 2 N–H and O–H groups in total. The zero-order valence-electron chi connectivity index (χ0n) is 11.8. The summed E-state index contributed by atoms with van der Waals surface area (Å²) in [6.07, 6.45) is 4.79. The van der Waals surface area contributed by atoms with Gasteiger partial charge in [0.05, 0.1) is 0 Å². The van der Waals surface area contributed by atoms with E-state index in [0.29, 0.717) is 6.61 Å². The summed E-state index contributed by atoms with van der Waals surface area (Å²) < 4.78 is 5.57. The van der Waals surface area contributed by atoms with E-state index in [2.05, 4.69) is 18.3 Å². The zero-order valence-corrected chi connectivity index (χ0v) is 11.8. The first-order valence-electron chi connectivity index (χ1n) is 6.97. The van der Waals surface area contributed by atoms with Gasteiger partial charge in [0.1, 0.15) is 11.5 Å². The van der Waals surface area contributed by atoms with E-state index in [1.165, 1.54) is 18.4 Å². The van der Waals surface area contributed by atoms with E-state index >= 15 is 0 Å². The number of aryl methyl sites for hydroxylation is 2. The van der Waals surface area contributed by atoms with Gasteiger partial charge >= 0.3 is 0 Å². The molecule has 1 aromatic rings. The van der Waals surface area contributed by atoms with Crippen LogP contribution in [0.3, 0.4) is 0 Å². The third-order valence-corrected chi connectivity index (χ3v) is 4.33. The van der Waals surface area contributed by atoms with Crippen LogP contribution in [0.4, 0.5) is 0 Å². The Bertz CT molecular complexity index is 391. The quantitative estimate of drug-likeness (QED) is 0.845. The Hall–Kier alpha value is -0.800. The first kappa shape index (κ1) is 13.6. The fraction of sp³-hybridized carbons (Fsp3) is 0.733. The fourth-order valence-corrected chi connectivity index (χ4v) is 3.08. The number of hydrogen-bond donors (Lipinski definition) is 2. The Morgan fingerprint density at radius 1 is 1.39 bits per heavy atom. The lowest BCUT2D eigenvalue weighted by atomic mass is 9.87. The summed E-state index contributed by atoms with van der Waals surface area (Å²) in [6, 6.07) is 2.39. The lowest BCUT2D eigenvalue weighted by Crippen LogP contribution is -2.36. The van der Waals surface area contributed by atoms with Gasteiger partial charge in [0.15, 0.2) is 0 Å². The highest BCUT2D eigenvalue weighted by molar-refractivity contribution is 5.23. The zero-order chi connectivity index (χ0) is 13.2. The van der Waals surface area contributed by atoms with Gasteiger partial charge in [0.25, 0.3) is 0 Å². The maximum atomic E-state index is 9.60. The molecule has 1 unspecified atom stereocenters. The van der Waals surface area contributed by atoms with E-state index in [-0.39, 0.29) is 11.5 Å². The van der Waals surface area contributed by atoms with Crippen LogP contribution in [0.5, 0.6) is 0 Å². The topological polar surface area (TPSA) is 45.4 Å². The Labute approximate surface area is 110 Å². The summed E-state index contributed by atoms with van der Waals surface area (Å²) >= 11 is 0. The first-order valence-corrected chi connectivity index (χ1v) is 6.97. The van der Waals surface area contributed by atoms with Gasteiger partial charge in [-0.3, -0.25) is 0 Å². The molecule has 0 bridgehead atoms. The van der Waals surface area contributed by atoms with Crippen molar-refractivity contribution in [2.75, 3.05) is 13.2 Å². The van der Waals surface area contributed by atoms with Gasteiger partial charge in [-0.1, -0.05) is 12.8 Å². The summed E-state index contributed by atoms with van der Waals surface area (Å²) in [5, 5.41) is 13.2. The molecular formula is C15H25NO2. The molecule has 0 saturated heterocycles. The molecule has 102 valence electrons. The van der Waals surface area contributed by atoms with Crippen LogP contribution in [0.2, 0.25) is 0 Å². The van der Waals surface area contributed by atoms with Crippen LogP contribution in [0.1, 0.15) is 55.7 Å². The van der Waals surface area contributed by atoms with Crippen molar-refractivity contribution >= 4 is 0 Å². The number of aliphatic hydroxyl groups is 1. The third kappa shape index (κ3) is 2.78. The van der Waals surface area contributed by atoms with Gasteiger partial charge < -0.3 is 14.8 Å². The van der Waals surface area contributed by atoms with Crippen LogP contribution in [0.15, 0.2) is 10.5 Å². The van der Waals surface area contributed by atoms with E-state index < -0.39 is 0 Å². The van der Waals surface area contributed by atoms with Gasteiger partial charge in [0.2, 0.25) is 0 Å². The van der Waals surface area contributed by atoms with Crippen molar-refractivity contribution in [1.82, 2.24) is 5.32 Å². The Morgan fingerprint density at radius 2 is 2.06 bits per heavy atom. The molecule has 0 amide bonds. The first-order chi connectivity index (χ1) is 8.56. The lowest BCUT2D eigenvalue weighted by molar-refractivity contribution is 0.125. The van der Waals surface area contributed by atoms with Crippen LogP contribution in [-0.2, 0) is 0 Å². The fourth-order valence-electron chi connectivity index (χ4n) is 3.08. The smallest absolute Gasteiger partial charge is 0.105 e. The molecule has 1 saturated carbocycles. The molecule has 18 heavy (non-hydrogen) atoms. The van der Waals surface area contributed by atoms with Crippen molar-refractivity contribution < 1.29 is 9.52 Å². The Morgan fingerprint density at radius 3 is 2.56 bits per heavy atom. The van der Waals surface area contributed by atoms with Crippen molar-refractivity contribution in [1.29, 1.82) is 0 Å². The minimum Gasteiger partial charge on any atom is -0.466 e. The van der Waals surface area contributed by atoms with Crippen molar-refractivity contribution in [3.8, 4) is 0 Å². The molecule has 1 aliphatic rings. The van der Waals surface area contributed by atoms with Crippen LogP contribution in [0.25, 0.3) is 0 Å². The number of aliphatic hydroxyl groups excluding tert-OH is 1. The van der Waals surface area contributed by atoms with Gasteiger partial charge in [-0.2, -0.15) is 0 Å². The average molecular weight is 251 g/mol. The van der Waals surface area contributed by atoms with E-state index in [1.807, 2.05) is 13.8 Å². The highest BCUT2D eigenvalue weighted by Gasteiger charge is 2.33. The Balaban J connectivity index is 1.95. The lowest BCUT2D eigenvalue weighted by Gasteiger charge is -2.28. The molecule has 0 radical (unpaired) electrons. The van der Waals surface area contributed by atoms with E-state index in [4.69, 9.17) is 4.42 Å². The Kier molecular flexibility index (Phi) is 4.13. The minimum atomic E-state index is 0.112. The molecule has 1 aliphatic carbocycles. The van der Waals surface area contributed by atoms with Gasteiger partial charge in [0, 0.05) is 30.2 Å². The maximum Gasteiger partial charge on any atom is 0.105 e. The second-order valence-corrected chi connectivity index (χ2v) is 5.84. The van der Waals surface area contributed by atoms with Crippen LogP contribution in [-0.4, -0.2) is 18.3 Å². The van der Waals surface area contributed by atoms with Gasteiger partial charge in [-0.15, -0.1) is 0 Å². The van der Waals surface area contributed by atoms with Gasteiger partial charge in [-0.25, -0.2) is 0 Å². The molecule has 3 nitrogen and oxygen atoms in total. The number of rotatable bonds is 5. The molecule has 1 aromatic heterocycles. The minimum absolute atomic E-state index is 0.112. The number of hydrogen-bond acceptors (Lipinski definition) is 3. The van der Waals surface area contributed by atoms with E-state index in [9.17, 15) is 5.11 Å². The highest BCUT2D eigenvalue weighted by Crippen LogP contribution is 2.37. The van der Waals surface area contributed by atoms with Crippen LogP contribution < -0.4 is 5.32 Å². The molecule has 1 fully saturated rings. The second-order valence-electron chi connectivity index (χ2n) is 5.84. The SMILES string of the molecule is Cc1cc(C(C)NCC2(CO)CCCC2)c(C)o1. The molecule has 2 rings (SSSR count). The number of nitrogens with one attached hydrogen (secondary N) is 1. The predicted octanol–water partition coefficient (Wildman–Crippen LogP) is 3.10. The van der Waals surface area contributed by atoms with Crippen molar-refractivity contribution in [2.45, 2.75) is 52.5 Å². The van der Waals surface area contributed by atoms with E-state index in [0.717, 1.165) is 30.9 Å². The molecule has 1 heterocycles. The van der Waals surface area contributed by atoms with Gasteiger partial charge in [-0.05, 0) is 39.7 Å². The average Bonchev–Trinajstić information content (AvgIpc) is 2.94. The summed E-state index contributed by atoms with van der Waals surface area (Å²) in [7, 11) is 0. The molecule has 0 aromatic carbocycles. The largest absolute Gasteiger partial charge is 0.466 e. The monoisotopic (exact) mass is 251 g/mol. The molecule has 0 spiro atoms. The highest BCUT2D eigenvalue weighted by atomic mass is 16.3. The van der Waals surface area contributed by atoms with Crippen molar-refractivity contribution in [3.05, 3.63) is 23.2 Å². The third-order valence-electron chi connectivity index (χ3n) is 4.33. The summed E-state index contributed by atoms with van der Waals surface area (Å²) in [5.41, 5.74) is 1.35. The molecule has 0 aliphatic heterocycles. The summed E-state index contributed by atoms with van der Waals surface area (Å²) in [4.78, 5) is 0. The molecule has 1 atom stereocenters. The van der Waals surface area contributed by atoms with Crippen molar-refractivity contribution in [2.24, 2.45) is 5.41 Å². The number of furan rings is 1. The van der Waals surface area contributed by atoms with Crippen LogP contribution >= 0.6 is 0 Å². The standard InChI is InChI=1S/C15H25NO2/c1-11-8-14(13(3)18-11)12(2)16-9-15(10-17)6-4-5-7-15/h8,12,16-17H,4-7,9-10H2,1-3H3.